The van der Waals surface area contributed by atoms with Gasteiger partial charge in [0.25, 0.3) is 5.91 Å². The maximum absolute atomic E-state index is 12.3. The minimum absolute atomic E-state index is 0.115. The Balaban J connectivity index is 1.56. The molecule has 0 radical (unpaired) electrons. The van der Waals surface area contributed by atoms with Crippen molar-refractivity contribution in [3.8, 4) is 11.3 Å². The molecule has 0 atom stereocenters. The number of hydrogen-bond acceptors (Lipinski definition) is 5. The molecule has 0 unspecified atom stereocenters. The number of nitrogens with zero attached hydrogens (tertiary/aromatic N) is 1. The zero-order chi connectivity index (χ0) is 21.3. The van der Waals surface area contributed by atoms with E-state index in [2.05, 4.69) is 10.3 Å². The van der Waals surface area contributed by atoms with E-state index in [9.17, 15) is 9.59 Å². The molecule has 0 aliphatic carbocycles. The lowest BCUT2D eigenvalue weighted by Crippen LogP contribution is -2.19. The fourth-order valence-corrected chi connectivity index (χ4v) is 3.90. The van der Waals surface area contributed by atoms with Gasteiger partial charge in [0.15, 0.2) is 5.17 Å². The highest BCUT2D eigenvalue weighted by molar-refractivity contribution is 8.18. The van der Waals surface area contributed by atoms with Crippen LogP contribution >= 0.6 is 35.0 Å². The Kier molecular flexibility index (Phi) is 5.67. The summed E-state index contributed by atoms with van der Waals surface area (Å²) in [5, 5.41) is 13.1. The van der Waals surface area contributed by atoms with Crippen LogP contribution in [0.4, 0.5) is 5.69 Å². The number of amidine groups is 1. The van der Waals surface area contributed by atoms with Crippen molar-refractivity contribution in [3.05, 3.63) is 80.9 Å². The monoisotopic (exact) mass is 458 g/mol. The van der Waals surface area contributed by atoms with Crippen molar-refractivity contribution in [1.82, 2.24) is 5.32 Å². The van der Waals surface area contributed by atoms with Crippen LogP contribution in [0.25, 0.3) is 17.4 Å². The molecule has 1 aromatic heterocycles. The number of nitrogens with one attached hydrogen (secondary N) is 1. The lowest BCUT2D eigenvalue weighted by atomic mass is 10.2. The number of benzene rings is 2. The first-order chi connectivity index (χ1) is 14.4. The Labute approximate surface area is 185 Å². The van der Waals surface area contributed by atoms with Gasteiger partial charge in [-0.05, 0) is 60.3 Å². The van der Waals surface area contributed by atoms with Crippen LogP contribution in [0.2, 0.25) is 10.0 Å². The highest BCUT2D eigenvalue weighted by atomic mass is 35.5. The first-order valence-corrected chi connectivity index (χ1v) is 10.1. The van der Waals surface area contributed by atoms with Gasteiger partial charge in [0.2, 0.25) is 0 Å². The Hall–Kier alpha value is -3.00. The second kappa shape index (κ2) is 8.39. The first-order valence-electron chi connectivity index (χ1n) is 8.57. The third kappa shape index (κ3) is 4.43. The van der Waals surface area contributed by atoms with Gasteiger partial charge in [-0.3, -0.25) is 4.79 Å². The Morgan fingerprint density at radius 2 is 1.97 bits per heavy atom. The van der Waals surface area contributed by atoms with Gasteiger partial charge in [0, 0.05) is 16.7 Å². The molecule has 6 nitrogen and oxygen atoms in total. The van der Waals surface area contributed by atoms with E-state index in [-0.39, 0.29) is 11.5 Å². The van der Waals surface area contributed by atoms with Crippen molar-refractivity contribution < 1.29 is 19.1 Å². The predicted octanol–water partition coefficient (Wildman–Crippen LogP) is 5.84. The van der Waals surface area contributed by atoms with Crippen LogP contribution in [0.1, 0.15) is 16.1 Å². The summed E-state index contributed by atoms with van der Waals surface area (Å²) in [6.07, 6.45) is 1.60. The van der Waals surface area contributed by atoms with Gasteiger partial charge in [-0.2, -0.15) is 0 Å². The van der Waals surface area contributed by atoms with Crippen LogP contribution in [0, 0.1) is 0 Å². The van der Waals surface area contributed by atoms with E-state index in [1.165, 1.54) is 12.1 Å². The predicted molar refractivity (Wildman–Crippen MR) is 118 cm³/mol. The van der Waals surface area contributed by atoms with Crippen LogP contribution in [0.3, 0.4) is 0 Å². The minimum Gasteiger partial charge on any atom is -0.478 e. The summed E-state index contributed by atoms with van der Waals surface area (Å²) in [7, 11) is 0. The number of thioether (sulfide) groups is 1. The maximum atomic E-state index is 12.3. The SMILES string of the molecule is O=C1NC(=Nc2cccc(C(=O)O)c2)S/C1=C\c1ccc(-c2cc(Cl)ccc2Cl)o1. The summed E-state index contributed by atoms with van der Waals surface area (Å²) in [5.74, 6) is -0.383. The van der Waals surface area contributed by atoms with Gasteiger partial charge >= 0.3 is 5.97 Å². The van der Waals surface area contributed by atoms with Crippen molar-refractivity contribution in [1.29, 1.82) is 0 Å². The smallest absolute Gasteiger partial charge is 0.335 e. The maximum Gasteiger partial charge on any atom is 0.335 e. The van der Waals surface area contributed by atoms with Crippen LogP contribution in [0.5, 0.6) is 0 Å². The molecule has 0 spiro atoms. The number of aromatic carboxylic acids is 1. The van der Waals surface area contributed by atoms with E-state index < -0.39 is 5.97 Å². The van der Waals surface area contributed by atoms with E-state index >= 15 is 0 Å². The third-order valence-corrected chi connectivity index (χ3v) is 5.54. The Morgan fingerprint density at radius 3 is 2.77 bits per heavy atom. The van der Waals surface area contributed by atoms with E-state index in [0.717, 1.165) is 11.8 Å². The second-order valence-electron chi connectivity index (χ2n) is 6.16. The summed E-state index contributed by atoms with van der Waals surface area (Å²) in [4.78, 5) is 28.0. The molecule has 1 amide bonds. The summed E-state index contributed by atoms with van der Waals surface area (Å²) in [5.41, 5.74) is 1.19. The van der Waals surface area contributed by atoms with Crippen molar-refractivity contribution in [2.24, 2.45) is 4.99 Å². The molecule has 1 fully saturated rings. The fourth-order valence-electron chi connectivity index (χ4n) is 2.70. The molecule has 1 aliphatic heterocycles. The number of aliphatic imine (C=N–C) groups is 1. The van der Waals surface area contributed by atoms with E-state index in [0.29, 0.717) is 42.9 Å². The van der Waals surface area contributed by atoms with Gasteiger partial charge < -0.3 is 14.8 Å². The zero-order valence-electron chi connectivity index (χ0n) is 15.1. The summed E-state index contributed by atoms with van der Waals surface area (Å²) in [6, 6.07) is 14.7. The average Bonchev–Trinajstić information content (AvgIpc) is 3.31. The molecule has 3 aromatic rings. The van der Waals surface area contributed by atoms with E-state index in [4.69, 9.17) is 32.7 Å². The van der Waals surface area contributed by atoms with Crippen molar-refractivity contribution in [3.63, 3.8) is 0 Å². The standard InChI is InChI=1S/C21H12Cl2N2O4S/c22-12-4-6-16(23)15(9-12)17-7-5-14(29-17)10-18-19(26)25-21(30-18)24-13-3-1-2-11(8-13)20(27)28/h1-10H,(H,27,28)(H,24,25,26)/b18-10-. The van der Waals surface area contributed by atoms with Crippen molar-refractivity contribution >= 4 is 63.8 Å². The summed E-state index contributed by atoms with van der Waals surface area (Å²) in [6.45, 7) is 0. The molecule has 0 saturated carbocycles. The number of rotatable bonds is 4. The number of furan rings is 1. The molecule has 150 valence electrons. The summed E-state index contributed by atoms with van der Waals surface area (Å²) >= 11 is 13.4. The van der Waals surface area contributed by atoms with Crippen molar-refractivity contribution in [2.75, 3.05) is 0 Å². The lowest BCUT2D eigenvalue weighted by molar-refractivity contribution is -0.115. The molecule has 2 heterocycles. The largest absolute Gasteiger partial charge is 0.478 e. The number of hydrogen-bond donors (Lipinski definition) is 2. The third-order valence-electron chi connectivity index (χ3n) is 4.07. The van der Waals surface area contributed by atoms with Gasteiger partial charge in [0.1, 0.15) is 11.5 Å². The Bertz CT molecular complexity index is 1230. The molecular weight excluding hydrogens is 447 g/mol. The topological polar surface area (TPSA) is 91.9 Å². The van der Waals surface area contributed by atoms with Gasteiger partial charge in [-0.25, -0.2) is 9.79 Å². The fraction of sp³-hybridized carbons (Fsp3) is 0. The molecule has 30 heavy (non-hydrogen) atoms. The summed E-state index contributed by atoms with van der Waals surface area (Å²) < 4.78 is 5.79. The molecule has 9 heteroatoms. The van der Waals surface area contributed by atoms with Gasteiger partial charge in [0.05, 0.1) is 21.2 Å². The first kappa shape index (κ1) is 20.3. The van der Waals surface area contributed by atoms with Gasteiger partial charge in [-0.15, -0.1) is 0 Å². The molecule has 4 rings (SSSR count). The molecule has 2 N–H and O–H groups in total. The van der Waals surface area contributed by atoms with E-state index in [1.54, 1.807) is 48.5 Å². The average molecular weight is 459 g/mol. The Morgan fingerprint density at radius 1 is 1.13 bits per heavy atom. The minimum atomic E-state index is -1.05. The van der Waals surface area contributed by atoms with E-state index in [1.807, 2.05) is 0 Å². The highest BCUT2D eigenvalue weighted by Crippen LogP contribution is 2.34. The number of amides is 1. The molecule has 0 bridgehead atoms. The zero-order valence-corrected chi connectivity index (χ0v) is 17.4. The number of halogens is 2. The molecule has 1 saturated heterocycles. The second-order valence-corrected chi connectivity index (χ2v) is 8.04. The number of carbonyl (C=O) groups excluding carboxylic acids is 1. The van der Waals surface area contributed by atoms with Crippen LogP contribution in [-0.2, 0) is 4.79 Å². The quantitative estimate of drug-likeness (QED) is 0.478. The van der Waals surface area contributed by atoms with Crippen molar-refractivity contribution in [2.45, 2.75) is 0 Å². The molecular formula is C21H12Cl2N2O4S. The number of carbonyl (C=O) groups is 2. The lowest BCUT2D eigenvalue weighted by Gasteiger charge is -2.01. The van der Waals surface area contributed by atoms with Crippen LogP contribution in [-0.4, -0.2) is 22.2 Å². The molecule has 1 aliphatic rings. The van der Waals surface area contributed by atoms with Gasteiger partial charge in [-0.1, -0.05) is 29.3 Å². The number of carboxylic acid groups (broad SMARTS) is 1. The highest BCUT2D eigenvalue weighted by Gasteiger charge is 2.24. The van der Waals surface area contributed by atoms with Crippen LogP contribution in [0.15, 0.2) is 68.9 Å². The van der Waals surface area contributed by atoms with Crippen LogP contribution < -0.4 is 5.32 Å². The normalized spacial score (nSPS) is 16.3. The number of carboxylic acids is 1. The molecule has 2 aromatic carbocycles.